The van der Waals surface area contributed by atoms with Gasteiger partial charge in [-0.1, -0.05) is 18.2 Å². The molecule has 1 aliphatic heterocycles. The molecule has 1 amide bonds. The minimum absolute atomic E-state index is 0.0727. The van der Waals surface area contributed by atoms with Crippen LogP contribution < -0.4 is 14.4 Å². The third-order valence-electron chi connectivity index (χ3n) is 4.15. The number of Topliss-reactive ketones (excluding diaryl/α,β-unsaturated/α-hetero) is 1. The Morgan fingerprint density at radius 1 is 1.08 bits per heavy atom. The molecule has 0 saturated carbocycles. The average Bonchev–Trinajstić information content (AvgIpc) is 2.66. The van der Waals surface area contributed by atoms with Crippen molar-refractivity contribution in [3.8, 4) is 11.5 Å². The smallest absolute Gasteiger partial charge is 0.251 e. The summed E-state index contributed by atoms with van der Waals surface area (Å²) in [4.78, 5) is 26.2. The third-order valence-corrected chi connectivity index (χ3v) is 4.15. The van der Waals surface area contributed by atoms with Crippen LogP contribution in [0.15, 0.2) is 48.5 Å². The lowest BCUT2D eigenvalue weighted by Gasteiger charge is -2.27. The highest BCUT2D eigenvalue weighted by atomic mass is 16.5. The summed E-state index contributed by atoms with van der Waals surface area (Å²) in [6.45, 7) is 0.394. The highest BCUT2D eigenvalue weighted by Crippen LogP contribution is 2.29. The van der Waals surface area contributed by atoms with Crippen molar-refractivity contribution in [3.63, 3.8) is 0 Å². The standard InChI is InChI=1S/C20H19NO4/c1-24-18-9-7-14(13-19(18)25-2)8-10-20(23)21-12-11-17(22)15-5-3-4-6-16(15)21/h3-10,13H,11-12H2,1-2H3. The maximum atomic E-state index is 12.6. The van der Waals surface area contributed by atoms with Gasteiger partial charge in [0.05, 0.1) is 19.9 Å². The second-order valence-corrected chi connectivity index (χ2v) is 5.63. The van der Waals surface area contributed by atoms with Crippen LogP contribution in [-0.4, -0.2) is 32.5 Å². The summed E-state index contributed by atoms with van der Waals surface area (Å²) in [7, 11) is 3.14. The molecule has 2 aromatic rings. The molecular weight excluding hydrogens is 318 g/mol. The molecule has 0 spiro atoms. The molecule has 0 N–H and O–H groups in total. The molecule has 0 fully saturated rings. The van der Waals surface area contributed by atoms with Gasteiger partial charge < -0.3 is 14.4 Å². The number of amides is 1. The Hall–Kier alpha value is -3.08. The molecule has 1 aliphatic rings. The van der Waals surface area contributed by atoms with E-state index in [1.54, 1.807) is 49.5 Å². The largest absolute Gasteiger partial charge is 0.493 e. The molecule has 0 aromatic heterocycles. The summed E-state index contributed by atoms with van der Waals surface area (Å²) in [6, 6.07) is 12.6. The number of ketones is 1. The molecule has 0 unspecified atom stereocenters. The molecule has 3 rings (SSSR count). The van der Waals surface area contributed by atoms with Crippen molar-refractivity contribution in [2.75, 3.05) is 25.7 Å². The number of ether oxygens (including phenoxy) is 2. The molecule has 25 heavy (non-hydrogen) atoms. The molecule has 1 heterocycles. The Morgan fingerprint density at radius 2 is 1.84 bits per heavy atom. The van der Waals surface area contributed by atoms with Gasteiger partial charge in [0.15, 0.2) is 17.3 Å². The van der Waals surface area contributed by atoms with Crippen LogP contribution in [0.5, 0.6) is 11.5 Å². The van der Waals surface area contributed by atoms with E-state index >= 15 is 0 Å². The number of fused-ring (bicyclic) bond motifs is 1. The molecule has 0 bridgehead atoms. The van der Waals surface area contributed by atoms with Crippen LogP contribution in [0.25, 0.3) is 6.08 Å². The number of carbonyl (C=O) groups is 2. The summed E-state index contributed by atoms with van der Waals surface area (Å²) >= 11 is 0. The number of anilines is 1. The van der Waals surface area contributed by atoms with Gasteiger partial charge in [0, 0.05) is 24.6 Å². The fraction of sp³-hybridized carbons (Fsp3) is 0.200. The molecule has 128 valence electrons. The van der Waals surface area contributed by atoms with Gasteiger partial charge in [-0.2, -0.15) is 0 Å². The molecule has 0 radical (unpaired) electrons. The Morgan fingerprint density at radius 3 is 2.60 bits per heavy atom. The summed E-state index contributed by atoms with van der Waals surface area (Å²) < 4.78 is 10.5. The predicted molar refractivity (Wildman–Crippen MR) is 96.3 cm³/mol. The Kier molecular flexibility index (Phi) is 4.84. The SMILES string of the molecule is COc1ccc(C=CC(=O)N2CCC(=O)c3ccccc32)cc1OC. The Balaban J connectivity index is 1.82. The van der Waals surface area contributed by atoms with Crippen molar-refractivity contribution >= 4 is 23.5 Å². The lowest BCUT2D eigenvalue weighted by Crippen LogP contribution is -2.36. The van der Waals surface area contributed by atoms with Crippen LogP contribution in [0.4, 0.5) is 5.69 Å². The average molecular weight is 337 g/mol. The van der Waals surface area contributed by atoms with Crippen molar-refractivity contribution in [2.45, 2.75) is 6.42 Å². The monoisotopic (exact) mass is 337 g/mol. The topological polar surface area (TPSA) is 55.8 Å². The fourth-order valence-electron chi connectivity index (χ4n) is 2.86. The molecule has 5 nitrogen and oxygen atoms in total. The normalized spacial score (nSPS) is 13.7. The van der Waals surface area contributed by atoms with Crippen LogP contribution in [0, 0.1) is 0 Å². The number of rotatable bonds is 4. The maximum absolute atomic E-state index is 12.6. The fourth-order valence-corrected chi connectivity index (χ4v) is 2.86. The van der Waals surface area contributed by atoms with E-state index < -0.39 is 0 Å². The van der Waals surface area contributed by atoms with E-state index in [9.17, 15) is 9.59 Å². The summed E-state index contributed by atoms with van der Waals surface area (Å²) in [5.74, 6) is 1.15. The molecule has 2 aromatic carbocycles. The minimum Gasteiger partial charge on any atom is -0.493 e. The van der Waals surface area contributed by atoms with Crippen LogP contribution >= 0.6 is 0 Å². The zero-order valence-electron chi connectivity index (χ0n) is 14.2. The molecule has 0 atom stereocenters. The van der Waals surface area contributed by atoms with E-state index in [0.717, 1.165) is 5.56 Å². The van der Waals surface area contributed by atoms with Crippen LogP contribution in [0.1, 0.15) is 22.3 Å². The second kappa shape index (κ2) is 7.21. The number of nitrogens with zero attached hydrogens (tertiary/aromatic N) is 1. The molecule has 0 aliphatic carbocycles. The highest BCUT2D eigenvalue weighted by Gasteiger charge is 2.25. The van der Waals surface area contributed by atoms with Crippen molar-refractivity contribution in [2.24, 2.45) is 0 Å². The Bertz CT molecular complexity index is 841. The predicted octanol–water partition coefficient (Wildman–Crippen LogP) is 3.34. The number of para-hydroxylation sites is 1. The number of methoxy groups -OCH3 is 2. The van der Waals surface area contributed by atoms with Gasteiger partial charge >= 0.3 is 0 Å². The van der Waals surface area contributed by atoms with E-state index in [-0.39, 0.29) is 11.7 Å². The van der Waals surface area contributed by atoms with E-state index in [0.29, 0.717) is 35.7 Å². The summed E-state index contributed by atoms with van der Waals surface area (Å²) in [6.07, 6.45) is 3.57. The van der Waals surface area contributed by atoms with E-state index in [4.69, 9.17) is 9.47 Å². The van der Waals surface area contributed by atoms with E-state index in [1.165, 1.54) is 6.08 Å². The Labute approximate surface area is 146 Å². The third kappa shape index (κ3) is 3.40. The summed E-state index contributed by atoms with van der Waals surface area (Å²) in [5, 5.41) is 0. The van der Waals surface area contributed by atoms with Crippen LogP contribution in [0.3, 0.4) is 0 Å². The van der Waals surface area contributed by atoms with Gasteiger partial charge in [-0.05, 0) is 35.9 Å². The van der Waals surface area contributed by atoms with Crippen molar-refractivity contribution < 1.29 is 19.1 Å². The van der Waals surface area contributed by atoms with Gasteiger partial charge in [-0.3, -0.25) is 9.59 Å². The molecule has 0 saturated heterocycles. The molecular formula is C20H19NO4. The number of benzene rings is 2. The number of hydrogen-bond donors (Lipinski definition) is 0. The zero-order chi connectivity index (χ0) is 17.8. The number of carbonyl (C=O) groups excluding carboxylic acids is 2. The van der Waals surface area contributed by atoms with Crippen LogP contribution in [0.2, 0.25) is 0 Å². The quantitative estimate of drug-likeness (QED) is 0.803. The minimum atomic E-state index is -0.158. The van der Waals surface area contributed by atoms with E-state index in [1.807, 2.05) is 18.2 Å². The highest BCUT2D eigenvalue weighted by molar-refractivity contribution is 6.12. The first kappa shape index (κ1) is 16.8. The van der Waals surface area contributed by atoms with Gasteiger partial charge in [-0.25, -0.2) is 0 Å². The lowest BCUT2D eigenvalue weighted by molar-refractivity contribution is -0.114. The second-order valence-electron chi connectivity index (χ2n) is 5.63. The van der Waals surface area contributed by atoms with Gasteiger partial charge in [-0.15, -0.1) is 0 Å². The van der Waals surface area contributed by atoms with Gasteiger partial charge in [0.2, 0.25) is 0 Å². The first-order valence-corrected chi connectivity index (χ1v) is 7.98. The first-order valence-electron chi connectivity index (χ1n) is 7.98. The number of hydrogen-bond acceptors (Lipinski definition) is 4. The summed E-state index contributed by atoms with van der Waals surface area (Å²) in [5.41, 5.74) is 2.09. The van der Waals surface area contributed by atoms with Crippen molar-refractivity contribution in [1.29, 1.82) is 0 Å². The van der Waals surface area contributed by atoms with Gasteiger partial charge in [0.25, 0.3) is 5.91 Å². The maximum Gasteiger partial charge on any atom is 0.251 e. The first-order chi connectivity index (χ1) is 12.1. The lowest BCUT2D eigenvalue weighted by atomic mass is 10.0. The van der Waals surface area contributed by atoms with Crippen molar-refractivity contribution in [1.82, 2.24) is 0 Å². The van der Waals surface area contributed by atoms with Crippen LogP contribution in [-0.2, 0) is 4.79 Å². The molecule has 5 heteroatoms. The zero-order valence-corrected chi connectivity index (χ0v) is 14.2. The van der Waals surface area contributed by atoms with E-state index in [2.05, 4.69) is 0 Å². The van der Waals surface area contributed by atoms with Crippen molar-refractivity contribution in [3.05, 3.63) is 59.7 Å². The van der Waals surface area contributed by atoms with Gasteiger partial charge in [0.1, 0.15) is 0 Å².